The molecule has 63 heavy (non-hydrogen) atoms. The van der Waals surface area contributed by atoms with E-state index in [2.05, 4.69) is 16.0 Å². The minimum atomic E-state index is -1.75. The van der Waals surface area contributed by atoms with Crippen LogP contribution in [-0.4, -0.2) is 86.8 Å². The number of rotatable bonds is 20. The molecule has 0 aliphatic heterocycles. The van der Waals surface area contributed by atoms with Gasteiger partial charge in [0.05, 0.1) is 46.2 Å². The number of nitrogens with one attached hydrogen (secondary N) is 3. The first-order chi connectivity index (χ1) is 29.8. The highest BCUT2D eigenvalue weighted by Crippen LogP contribution is 2.47. The van der Waals surface area contributed by atoms with Gasteiger partial charge >= 0.3 is 6.09 Å². The molecule has 342 valence electrons. The summed E-state index contributed by atoms with van der Waals surface area (Å²) in [6.07, 6.45) is 0.139. The average Bonchev–Trinajstić information content (AvgIpc) is 3.39. The number of carbonyl (C=O) groups excluding carboxylic acids is 5. The summed E-state index contributed by atoms with van der Waals surface area (Å²) in [5.41, 5.74) is 2.93. The third-order valence-electron chi connectivity index (χ3n) is 10.6. The van der Waals surface area contributed by atoms with Crippen molar-refractivity contribution in [3.8, 4) is 23.0 Å². The fraction of sp³-hybridized carbons (Fsp3) is 0.490. The number of hydrogen-bond acceptors (Lipinski definition) is 11. The SMILES string of the molecule is COc1ccc(C2=CC(=O)CCc3c2cc(OC)c(OC)c3OC)cc1NC(=O)C(CC(=O)C(CC(C)C)NC(=O)C(O)C(Cc1ccccc1)NC(=O)OC(C)(C)C)CC(C)C. The third-order valence-corrected chi connectivity index (χ3v) is 10.6. The van der Waals surface area contributed by atoms with E-state index in [0.29, 0.717) is 58.2 Å². The van der Waals surface area contributed by atoms with E-state index in [0.717, 1.165) is 11.1 Å². The Morgan fingerprint density at radius 1 is 0.762 bits per heavy atom. The molecule has 0 heterocycles. The minimum Gasteiger partial charge on any atom is -0.495 e. The zero-order valence-corrected chi connectivity index (χ0v) is 38.5. The second-order valence-electron chi connectivity index (χ2n) is 17.7. The Labute approximate surface area is 371 Å². The summed E-state index contributed by atoms with van der Waals surface area (Å²) in [5.74, 6) is -0.970. The maximum absolute atomic E-state index is 14.3. The second kappa shape index (κ2) is 22.5. The smallest absolute Gasteiger partial charge is 0.407 e. The maximum Gasteiger partial charge on any atom is 0.407 e. The van der Waals surface area contributed by atoms with Gasteiger partial charge in [-0.2, -0.15) is 0 Å². The van der Waals surface area contributed by atoms with Gasteiger partial charge < -0.3 is 44.7 Å². The predicted octanol–water partition coefficient (Wildman–Crippen LogP) is 7.26. The number of alkyl carbamates (subject to hydrolysis) is 1. The molecule has 0 saturated carbocycles. The summed E-state index contributed by atoms with van der Waals surface area (Å²) in [4.78, 5) is 68.4. The van der Waals surface area contributed by atoms with E-state index in [-0.39, 0.29) is 49.1 Å². The summed E-state index contributed by atoms with van der Waals surface area (Å²) in [6, 6.07) is 14.0. The summed E-state index contributed by atoms with van der Waals surface area (Å²) in [6.45, 7) is 12.8. The molecular formula is C49H65N3O11. The van der Waals surface area contributed by atoms with Gasteiger partial charge in [-0.15, -0.1) is 0 Å². The zero-order valence-electron chi connectivity index (χ0n) is 38.5. The number of aliphatic hydroxyl groups excluding tert-OH is 1. The van der Waals surface area contributed by atoms with Crippen molar-refractivity contribution >= 4 is 40.7 Å². The lowest BCUT2D eigenvalue weighted by Gasteiger charge is -2.28. The Hall–Kier alpha value is -5.89. The van der Waals surface area contributed by atoms with Gasteiger partial charge in [0.1, 0.15) is 11.4 Å². The van der Waals surface area contributed by atoms with Crippen LogP contribution < -0.4 is 34.9 Å². The van der Waals surface area contributed by atoms with Gasteiger partial charge in [-0.05, 0) is 105 Å². The van der Waals surface area contributed by atoms with Gasteiger partial charge in [-0.1, -0.05) is 64.1 Å². The number of allylic oxidation sites excluding steroid dienone is 1. The molecule has 4 unspecified atom stereocenters. The summed E-state index contributed by atoms with van der Waals surface area (Å²) in [5, 5.41) is 19.8. The summed E-state index contributed by atoms with van der Waals surface area (Å²) >= 11 is 0. The molecule has 4 rings (SSSR count). The van der Waals surface area contributed by atoms with Gasteiger partial charge in [0.25, 0.3) is 5.91 Å². The molecule has 0 saturated heterocycles. The average molecular weight is 872 g/mol. The van der Waals surface area contributed by atoms with E-state index >= 15 is 0 Å². The standard InChI is InChI=1S/C49H65N3O11/c1-28(2)21-32(25-40(54)37(22-29(3)4)50-47(57)43(55)39(23-30-15-13-12-14-16-30)52-48(58)63-49(5,6)7)46(56)51-38-24-31(17-20-41(38)59-8)35-26-33(53)18-19-34-36(35)27-42(60-9)45(62-11)44(34)61-10/h12-17,20,24,26-29,32,37,39,43,55H,18-19,21-23,25H2,1-11H3,(H,50,57)(H,51,56)(H,52,58). The molecule has 0 spiro atoms. The van der Waals surface area contributed by atoms with E-state index < -0.39 is 47.6 Å². The van der Waals surface area contributed by atoms with Gasteiger partial charge in [-0.25, -0.2) is 4.79 Å². The molecule has 4 N–H and O–H groups in total. The number of anilines is 1. The van der Waals surface area contributed by atoms with Crippen LogP contribution in [0.4, 0.5) is 10.5 Å². The number of methoxy groups -OCH3 is 4. The van der Waals surface area contributed by atoms with E-state index in [4.69, 9.17) is 23.7 Å². The lowest BCUT2D eigenvalue weighted by atomic mass is 9.87. The molecule has 3 aromatic rings. The molecule has 4 atom stereocenters. The number of carbonyl (C=O) groups is 5. The van der Waals surface area contributed by atoms with E-state index in [1.807, 2.05) is 58.0 Å². The van der Waals surface area contributed by atoms with Gasteiger partial charge in [0.2, 0.25) is 11.7 Å². The van der Waals surface area contributed by atoms with Crippen molar-refractivity contribution in [3.05, 3.63) is 82.9 Å². The van der Waals surface area contributed by atoms with Crippen LogP contribution in [0.1, 0.15) is 96.4 Å². The van der Waals surface area contributed by atoms with Gasteiger partial charge in [0, 0.05) is 24.3 Å². The van der Waals surface area contributed by atoms with Crippen molar-refractivity contribution in [2.45, 2.75) is 111 Å². The summed E-state index contributed by atoms with van der Waals surface area (Å²) in [7, 11) is 6.05. The molecule has 1 aliphatic carbocycles. The fourth-order valence-electron chi connectivity index (χ4n) is 7.70. The van der Waals surface area contributed by atoms with Crippen LogP contribution in [0.5, 0.6) is 23.0 Å². The lowest BCUT2D eigenvalue weighted by molar-refractivity contribution is -0.135. The topological polar surface area (TPSA) is 188 Å². The van der Waals surface area contributed by atoms with Crippen molar-refractivity contribution < 1.29 is 52.8 Å². The molecule has 0 fully saturated rings. The monoisotopic (exact) mass is 871 g/mol. The van der Waals surface area contributed by atoms with E-state index in [9.17, 15) is 29.1 Å². The Morgan fingerprint density at radius 2 is 1.41 bits per heavy atom. The largest absolute Gasteiger partial charge is 0.495 e. The van der Waals surface area contributed by atoms with Crippen molar-refractivity contribution in [2.24, 2.45) is 17.8 Å². The summed E-state index contributed by atoms with van der Waals surface area (Å²) < 4.78 is 28.2. The number of ketones is 2. The van der Waals surface area contributed by atoms with Crippen LogP contribution in [0.15, 0.2) is 60.7 Å². The molecule has 3 amide bonds. The highest BCUT2D eigenvalue weighted by molar-refractivity contribution is 6.04. The highest BCUT2D eigenvalue weighted by atomic mass is 16.6. The first-order valence-electron chi connectivity index (χ1n) is 21.4. The lowest BCUT2D eigenvalue weighted by Crippen LogP contribution is -2.55. The Balaban J connectivity index is 1.62. The molecule has 0 bridgehead atoms. The van der Waals surface area contributed by atoms with Crippen LogP contribution in [-0.2, 0) is 36.8 Å². The van der Waals surface area contributed by atoms with Crippen molar-refractivity contribution in [3.63, 3.8) is 0 Å². The number of amides is 3. The maximum atomic E-state index is 14.3. The molecule has 3 aromatic carbocycles. The van der Waals surface area contributed by atoms with Gasteiger partial charge in [0.15, 0.2) is 29.2 Å². The first kappa shape index (κ1) is 49.8. The second-order valence-corrected chi connectivity index (χ2v) is 17.7. The Bertz CT molecular complexity index is 2120. The Kier molecular flexibility index (Phi) is 17.7. The van der Waals surface area contributed by atoms with Crippen LogP contribution in [0, 0.1) is 17.8 Å². The van der Waals surface area contributed by atoms with E-state index in [1.54, 1.807) is 51.1 Å². The van der Waals surface area contributed by atoms with Crippen molar-refractivity contribution in [1.29, 1.82) is 0 Å². The molecule has 1 aliphatic rings. The normalized spacial score (nSPS) is 14.6. The fourth-order valence-corrected chi connectivity index (χ4v) is 7.70. The third kappa shape index (κ3) is 13.8. The zero-order chi connectivity index (χ0) is 46.6. The molecule has 0 radical (unpaired) electrons. The van der Waals surface area contributed by atoms with Crippen LogP contribution >= 0.6 is 0 Å². The Morgan fingerprint density at radius 3 is 2.00 bits per heavy atom. The molecule has 0 aromatic heterocycles. The van der Waals surface area contributed by atoms with Crippen LogP contribution in [0.25, 0.3) is 5.57 Å². The molecule has 14 nitrogen and oxygen atoms in total. The number of hydrogen-bond donors (Lipinski definition) is 4. The van der Waals surface area contributed by atoms with Crippen molar-refractivity contribution in [2.75, 3.05) is 33.8 Å². The molecule has 14 heteroatoms. The number of benzene rings is 3. The number of fused-ring (bicyclic) bond motifs is 1. The van der Waals surface area contributed by atoms with E-state index in [1.165, 1.54) is 28.4 Å². The van der Waals surface area contributed by atoms with Crippen LogP contribution in [0.3, 0.4) is 0 Å². The van der Waals surface area contributed by atoms with Gasteiger partial charge in [-0.3, -0.25) is 19.2 Å². The minimum absolute atomic E-state index is 0.0139. The van der Waals surface area contributed by atoms with Crippen LogP contribution in [0.2, 0.25) is 0 Å². The predicted molar refractivity (Wildman–Crippen MR) is 241 cm³/mol. The highest BCUT2D eigenvalue weighted by Gasteiger charge is 2.35. The number of aliphatic hydroxyl groups is 1. The first-order valence-corrected chi connectivity index (χ1v) is 21.4. The molecular weight excluding hydrogens is 807 g/mol. The number of ether oxygens (including phenoxy) is 5. The quantitative estimate of drug-likeness (QED) is 0.0896. The van der Waals surface area contributed by atoms with Crippen molar-refractivity contribution in [1.82, 2.24) is 10.6 Å². The number of Topliss-reactive ketones (excluding diaryl/α,β-unsaturated/α-hetero) is 1.